The van der Waals surface area contributed by atoms with Crippen LogP contribution >= 0.6 is 23.2 Å². The van der Waals surface area contributed by atoms with Gasteiger partial charge in [-0.15, -0.1) is 11.6 Å². The summed E-state index contributed by atoms with van der Waals surface area (Å²) in [5, 5.41) is -0.159. The molecule has 6 heteroatoms. The molecule has 0 N–H and O–H groups in total. The summed E-state index contributed by atoms with van der Waals surface area (Å²) in [6, 6.07) is 2.95. The lowest BCUT2D eigenvalue weighted by Crippen LogP contribution is -2.07. The number of ether oxygens (including phenoxy) is 1. The first kappa shape index (κ1) is 15.5. The molecule has 0 amide bonds. The van der Waals surface area contributed by atoms with E-state index in [4.69, 9.17) is 27.9 Å². The highest BCUT2D eigenvalue weighted by Gasteiger charge is 2.16. The molecule has 0 aliphatic carbocycles. The van der Waals surface area contributed by atoms with Crippen LogP contribution < -0.4 is 0 Å². The predicted octanol–water partition coefficient (Wildman–Crippen LogP) is 4.56. The van der Waals surface area contributed by atoms with Crippen molar-refractivity contribution >= 4 is 34.2 Å². The average Bonchev–Trinajstić information content (AvgIpc) is 2.74. The highest BCUT2D eigenvalue weighted by Crippen LogP contribution is 2.28. The maximum atomic E-state index is 13.5. The molecule has 1 aromatic carbocycles. The Balaban J connectivity index is 2.37. The summed E-state index contributed by atoms with van der Waals surface area (Å²) in [6.07, 6.45) is 0.838. The molecule has 1 atom stereocenters. The molecule has 0 radical (unpaired) electrons. The summed E-state index contributed by atoms with van der Waals surface area (Å²) in [7, 11) is 0. The second kappa shape index (κ2) is 6.74. The van der Waals surface area contributed by atoms with Gasteiger partial charge in [0, 0.05) is 25.8 Å². The number of alkyl halides is 1. The third kappa shape index (κ3) is 3.25. The molecule has 20 heavy (non-hydrogen) atoms. The van der Waals surface area contributed by atoms with Crippen LogP contribution in [0.25, 0.3) is 11.0 Å². The zero-order valence-electron chi connectivity index (χ0n) is 11.5. The zero-order chi connectivity index (χ0) is 14.7. The van der Waals surface area contributed by atoms with Crippen LogP contribution in [-0.2, 0) is 11.3 Å². The number of hydrogen-bond acceptors (Lipinski definition) is 2. The van der Waals surface area contributed by atoms with Crippen LogP contribution in [0.2, 0.25) is 5.02 Å². The van der Waals surface area contributed by atoms with Gasteiger partial charge < -0.3 is 9.30 Å². The molecule has 1 heterocycles. The van der Waals surface area contributed by atoms with Crippen molar-refractivity contribution in [1.82, 2.24) is 9.55 Å². The summed E-state index contributed by atoms with van der Waals surface area (Å²) < 4.78 is 20.8. The number of nitrogens with zero attached hydrogens (tertiary/aromatic N) is 2. The van der Waals surface area contributed by atoms with Crippen LogP contribution in [0.1, 0.15) is 31.5 Å². The molecule has 0 aliphatic rings. The molecule has 0 aliphatic heterocycles. The first-order valence-corrected chi connectivity index (χ1v) is 7.43. The summed E-state index contributed by atoms with van der Waals surface area (Å²) in [6.45, 7) is 5.88. The number of benzene rings is 1. The van der Waals surface area contributed by atoms with Gasteiger partial charge in [-0.1, -0.05) is 11.6 Å². The number of imidazole rings is 1. The number of aryl methyl sites for hydroxylation is 1. The van der Waals surface area contributed by atoms with E-state index in [9.17, 15) is 4.39 Å². The van der Waals surface area contributed by atoms with Gasteiger partial charge in [0.05, 0.1) is 21.4 Å². The Morgan fingerprint density at radius 3 is 2.85 bits per heavy atom. The van der Waals surface area contributed by atoms with Crippen LogP contribution in [-0.4, -0.2) is 22.8 Å². The molecule has 0 saturated heterocycles. The molecule has 1 unspecified atom stereocenters. The van der Waals surface area contributed by atoms with E-state index in [0.717, 1.165) is 17.8 Å². The summed E-state index contributed by atoms with van der Waals surface area (Å²) >= 11 is 12.0. The number of rotatable bonds is 6. The minimum atomic E-state index is -0.466. The van der Waals surface area contributed by atoms with Gasteiger partial charge >= 0.3 is 0 Å². The summed E-state index contributed by atoms with van der Waals surface area (Å²) in [5.74, 6) is 0.256. The van der Waals surface area contributed by atoms with Crippen molar-refractivity contribution < 1.29 is 9.13 Å². The molecule has 0 bridgehead atoms. The van der Waals surface area contributed by atoms with Gasteiger partial charge in [0.2, 0.25) is 0 Å². The number of fused-ring (bicyclic) bond motifs is 1. The monoisotopic (exact) mass is 318 g/mol. The predicted molar refractivity (Wildman–Crippen MR) is 80.1 cm³/mol. The SMILES string of the molecule is CCOCCCn1c(C(C)Cl)nc2cc(F)c(Cl)cc21. The van der Waals surface area contributed by atoms with Crippen LogP contribution in [0.5, 0.6) is 0 Å². The number of aromatic nitrogens is 2. The van der Waals surface area contributed by atoms with Crippen LogP contribution in [0.4, 0.5) is 4.39 Å². The van der Waals surface area contributed by atoms with Gasteiger partial charge in [-0.25, -0.2) is 9.37 Å². The lowest BCUT2D eigenvalue weighted by molar-refractivity contribution is 0.141. The smallest absolute Gasteiger partial charge is 0.144 e. The summed E-state index contributed by atoms with van der Waals surface area (Å²) in [4.78, 5) is 4.40. The largest absolute Gasteiger partial charge is 0.382 e. The quantitative estimate of drug-likeness (QED) is 0.577. The Bertz CT molecular complexity index is 598. The molecule has 3 nitrogen and oxygen atoms in total. The van der Waals surface area contributed by atoms with E-state index in [-0.39, 0.29) is 10.4 Å². The van der Waals surface area contributed by atoms with Crippen molar-refractivity contribution in [3.05, 3.63) is 28.8 Å². The third-order valence-electron chi connectivity index (χ3n) is 3.05. The first-order chi connectivity index (χ1) is 9.54. The maximum Gasteiger partial charge on any atom is 0.144 e. The number of halogens is 3. The molecule has 2 rings (SSSR count). The zero-order valence-corrected chi connectivity index (χ0v) is 13.0. The molecular weight excluding hydrogens is 302 g/mol. The highest BCUT2D eigenvalue weighted by molar-refractivity contribution is 6.31. The van der Waals surface area contributed by atoms with Gasteiger partial charge in [0.1, 0.15) is 11.6 Å². The normalized spacial score (nSPS) is 13.1. The van der Waals surface area contributed by atoms with E-state index in [2.05, 4.69) is 4.98 Å². The van der Waals surface area contributed by atoms with Crippen molar-refractivity contribution in [3.8, 4) is 0 Å². The van der Waals surface area contributed by atoms with Crippen LogP contribution in [0.3, 0.4) is 0 Å². The highest BCUT2D eigenvalue weighted by atomic mass is 35.5. The fourth-order valence-electron chi connectivity index (χ4n) is 2.15. The Kier molecular flexibility index (Phi) is 5.24. The lowest BCUT2D eigenvalue weighted by atomic mass is 10.3. The van der Waals surface area contributed by atoms with Crippen molar-refractivity contribution in [2.45, 2.75) is 32.2 Å². The molecule has 0 saturated carbocycles. The van der Waals surface area contributed by atoms with Crippen molar-refractivity contribution in [3.63, 3.8) is 0 Å². The van der Waals surface area contributed by atoms with E-state index in [0.29, 0.717) is 25.3 Å². The molecular formula is C14H17Cl2FN2O. The maximum absolute atomic E-state index is 13.5. The third-order valence-corrected chi connectivity index (χ3v) is 3.53. The summed E-state index contributed by atoms with van der Waals surface area (Å²) in [5.41, 5.74) is 1.38. The molecule has 1 aromatic heterocycles. The topological polar surface area (TPSA) is 27.1 Å². The second-order valence-corrected chi connectivity index (χ2v) is 5.61. The lowest BCUT2D eigenvalue weighted by Gasteiger charge is -2.10. The first-order valence-electron chi connectivity index (χ1n) is 6.61. The van der Waals surface area contributed by atoms with E-state index in [1.54, 1.807) is 6.07 Å². The van der Waals surface area contributed by atoms with Crippen molar-refractivity contribution in [1.29, 1.82) is 0 Å². The standard InChI is InChI=1S/C14H17Cl2FN2O/c1-3-20-6-4-5-19-13-7-10(16)11(17)8-12(13)18-14(19)9(2)15/h7-9H,3-6H2,1-2H3. The van der Waals surface area contributed by atoms with E-state index in [1.807, 2.05) is 18.4 Å². The minimum Gasteiger partial charge on any atom is -0.382 e. The Labute approximate surface area is 127 Å². The van der Waals surface area contributed by atoms with E-state index < -0.39 is 5.82 Å². The van der Waals surface area contributed by atoms with Crippen molar-refractivity contribution in [2.75, 3.05) is 13.2 Å². The van der Waals surface area contributed by atoms with Crippen LogP contribution in [0, 0.1) is 5.82 Å². The Morgan fingerprint density at radius 2 is 2.20 bits per heavy atom. The van der Waals surface area contributed by atoms with Gasteiger partial charge in [-0.05, 0) is 26.3 Å². The Hall–Kier alpha value is -0.840. The molecule has 110 valence electrons. The van der Waals surface area contributed by atoms with Gasteiger partial charge in [0.25, 0.3) is 0 Å². The minimum absolute atomic E-state index is 0.0947. The van der Waals surface area contributed by atoms with Gasteiger partial charge in [-0.3, -0.25) is 0 Å². The average molecular weight is 319 g/mol. The molecule has 0 spiro atoms. The van der Waals surface area contributed by atoms with Crippen LogP contribution in [0.15, 0.2) is 12.1 Å². The second-order valence-electron chi connectivity index (χ2n) is 4.54. The van der Waals surface area contributed by atoms with Crippen molar-refractivity contribution in [2.24, 2.45) is 0 Å². The molecule has 0 fully saturated rings. The Morgan fingerprint density at radius 1 is 1.45 bits per heavy atom. The molecule has 2 aromatic rings. The van der Waals surface area contributed by atoms with Gasteiger partial charge in [0.15, 0.2) is 0 Å². The number of hydrogen-bond donors (Lipinski definition) is 0. The van der Waals surface area contributed by atoms with E-state index >= 15 is 0 Å². The van der Waals surface area contributed by atoms with E-state index in [1.165, 1.54) is 6.07 Å². The fraction of sp³-hybridized carbons (Fsp3) is 0.500. The van der Waals surface area contributed by atoms with Gasteiger partial charge in [-0.2, -0.15) is 0 Å². The fourth-order valence-corrected chi connectivity index (χ4v) is 2.47.